The van der Waals surface area contributed by atoms with Gasteiger partial charge in [-0.3, -0.25) is 10.1 Å². The molecule has 1 aliphatic rings. The van der Waals surface area contributed by atoms with Gasteiger partial charge in [-0.05, 0) is 45.0 Å². The topological polar surface area (TPSA) is 176 Å². The first-order valence-electron chi connectivity index (χ1n) is 12.3. The van der Waals surface area contributed by atoms with Crippen molar-refractivity contribution in [2.45, 2.75) is 32.1 Å². The Morgan fingerprint density at radius 3 is 2.35 bits per heavy atom. The number of amides is 4. The summed E-state index contributed by atoms with van der Waals surface area (Å²) < 4.78 is 37.6. The Labute approximate surface area is 234 Å². The molecule has 0 unspecified atom stereocenters. The van der Waals surface area contributed by atoms with Gasteiger partial charge >= 0.3 is 12.1 Å². The van der Waals surface area contributed by atoms with E-state index < -0.39 is 16.1 Å². The first-order valence-corrected chi connectivity index (χ1v) is 14.7. The van der Waals surface area contributed by atoms with Gasteiger partial charge in [-0.1, -0.05) is 5.16 Å². The highest BCUT2D eigenvalue weighted by molar-refractivity contribution is 7.92. The molecule has 0 saturated carbocycles. The van der Waals surface area contributed by atoms with Crippen molar-refractivity contribution in [3.8, 4) is 0 Å². The molecular weight excluding hydrogens is 562 g/mol. The van der Waals surface area contributed by atoms with E-state index >= 15 is 0 Å². The van der Waals surface area contributed by atoms with E-state index in [0.29, 0.717) is 60.6 Å². The van der Waals surface area contributed by atoms with Crippen LogP contribution in [0.3, 0.4) is 0 Å². The van der Waals surface area contributed by atoms with Crippen molar-refractivity contribution >= 4 is 56.1 Å². The van der Waals surface area contributed by atoms with Gasteiger partial charge in [-0.25, -0.2) is 27.7 Å². The lowest BCUT2D eigenvalue weighted by atomic mass is 10.3. The fourth-order valence-electron chi connectivity index (χ4n) is 3.70. The van der Waals surface area contributed by atoms with Crippen molar-refractivity contribution in [3.05, 3.63) is 46.6 Å². The highest BCUT2D eigenvalue weighted by atomic mass is 32.2. The minimum atomic E-state index is -3.91. The van der Waals surface area contributed by atoms with E-state index in [1.54, 1.807) is 36.0 Å². The summed E-state index contributed by atoms with van der Waals surface area (Å²) in [4.78, 5) is 44.3. The normalized spacial score (nSPS) is 13.6. The zero-order chi connectivity index (χ0) is 28.9. The monoisotopic (exact) mass is 591 g/mol. The molecule has 16 heteroatoms. The summed E-state index contributed by atoms with van der Waals surface area (Å²) in [6.07, 6.45) is -0.438. The van der Waals surface area contributed by atoms with Crippen LogP contribution in [0.25, 0.3) is 0 Å². The van der Waals surface area contributed by atoms with E-state index in [0.717, 1.165) is 0 Å². The van der Waals surface area contributed by atoms with E-state index in [1.165, 1.54) is 35.6 Å². The fraction of sp³-hybridized carbons (Fsp3) is 0.375. The van der Waals surface area contributed by atoms with Gasteiger partial charge in [-0.15, -0.1) is 11.3 Å². The Balaban J connectivity index is 1.26. The molecule has 0 spiro atoms. The molecule has 1 aliphatic heterocycles. The molecule has 14 nitrogen and oxygen atoms in total. The molecule has 1 aromatic carbocycles. The van der Waals surface area contributed by atoms with Gasteiger partial charge in [0.2, 0.25) is 11.8 Å². The van der Waals surface area contributed by atoms with Crippen molar-refractivity contribution < 1.29 is 32.1 Å². The number of sulfonamides is 1. The maximum absolute atomic E-state index is 12.6. The Hall–Kier alpha value is -4.18. The molecule has 2 aromatic heterocycles. The lowest BCUT2D eigenvalue weighted by Gasteiger charge is -2.33. The molecule has 0 radical (unpaired) electrons. The van der Waals surface area contributed by atoms with E-state index in [1.807, 2.05) is 0 Å². The SMILES string of the molecule is CCOC(=O)N1CCN(C(=O)Nc2nc(CC(=O)Nc3ccc(S(=O)(=O)Nc4onc(C)c4C)cc3)cs2)CC1. The molecule has 1 fully saturated rings. The number of benzene rings is 1. The van der Waals surface area contributed by atoms with Crippen LogP contribution in [0.5, 0.6) is 0 Å². The van der Waals surface area contributed by atoms with Gasteiger partial charge in [-0.2, -0.15) is 0 Å². The molecule has 4 amide bonds. The van der Waals surface area contributed by atoms with E-state index in [4.69, 9.17) is 9.26 Å². The molecule has 3 N–H and O–H groups in total. The third kappa shape index (κ3) is 7.06. The molecule has 3 heterocycles. The van der Waals surface area contributed by atoms with Crippen LogP contribution in [-0.2, 0) is 26.0 Å². The van der Waals surface area contributed by atoms with Crippen LogP contribution < -0.4 is 15.4 Å². The van der Waals surface area contributed by atoms with Crippen molar-refractivity contribution in [1.29, 1.82) is 0 Å². The smallest absolute Gasteiger partial charge is 0.409 e. The molecule has 4 rings (SSSR count). The van der Waals surface area contributed by atoms with E-state index in [-0.39, 0.29) is 29.1 Å². The van der Waals surface area contributed by atoms with Crippen molar-refractivity contribution in [1.82, 2.24) is 19.9 Å². The number of hydrogen-bond donors (Lipinski definition) is 3. The Bertz CT molecular complexity index is 1480. The van der Waals surface area contributed by atoms with Crippen LogP contribution in [0.2, 0.25) is 0 Å². The summed E-state index contributed by atoms with van der Waals surface area (Å²) in [6, 6.07) is 5.32. The second-order valence-corrected chi connectivity index (χ2v) is 11.4. The van der Waals surface area contributed by atoms with Gasteiger partial charge in [0.25, 0.3) is 10.0 Å². The number of piperazine rings is 1. The predicted octanol–water partition coefficient (Wildman–Crippen LogP) is 3.04. The number of carbonyl (C=O) groups excluding carboxylic acids is 3. The molecule has 0 aliphatic carbocycles. The Morgan fingerprint density at radius 1 is 1.05 bits per heavy atom. The summed E-state index contributed by atoms with van der Waals surface area (Å²) in [6.45, 7) is 6.90. The summed E-state index contributed by atoms with van der Waals surface area (Å²) in [5, 5.41) is 11.2. The van der Waals surface area contributed by atoms with Crippen LogP contribution >= 0.6 is 11.3 Å². The van der Waals surface area contributed by atoms with Crippen molar-refractivity contribution in [2.75, 3.05) is 48.1 Å². The first kappa shape index (κ1) is 28.8. The number of thiazole rings is 1. The minimum Gasteiger partial charge on any atom is -0.450 e. The van der Waals surface area contributed by atoms with Gasteiger partial charge in [0, 0.05) is 42.8 Å². The van der Waals surface area contributed by atoms with Crippen LogP contribution in [-0.4, -0.2) is 79.2 Å². The molecular formula is C24H29N7O7S2. The summed E-state index contributed by atoms with van der Waals surface area (Å²) in [5.74, 6) is -0.315. The zero-order valence-corrected chi connectivity index (χ0v) is 23.7. The highest BCUT2D eigenvalue weighted by Crippen LogP contribution is 2.23. The molecule has 0 bridgehead atoms. The van der Waals surface area contributed by atoms with E-state index in [2.05, 4.69) is 25.5 Å². The average molecular weight is 592 g/mol. The second-order valence-electron chi connectivity index (χ2n) is 8.82. The van der Waals surface area contributed by atoms with Gasteiger partial charge in [0.15, 0.2) is 5.13 Å². The van der Waals surface area contributed by atoms with Crippen molar-refractivity contribution in [2.24, 2.45) is 0 Å². The van der Waals surface area contributed by atoms with Gasteiger partial charge < -0.3 is 24.4 Å². The number of hydrogen-bond acceptors (Lipinski definition) is 10. The number of aryl methyl sites for hydroxylation is 1. The number of carbonyl (C=O) groups is 3. The van der Waals surface area contributed by atoms with Crippen LogP contribution in [0, 0.1) is 13.8 Å². The Morgan fingerprint density at radius 2 is 1.73 bits per heavy atom. The maximum atomic E-state index is 12.6. The number of nitrogens with zero attached hydrogens (tertiary/aromatic N) is 4. The molecule has 40 heavy (non-hydrogen) atoms. The molecule has 3 aromatic rings. The number of anilines is 3. The number of ether oxygens (including phenoxy) is 1. The van der Waals surface area contributed by atoms with Crippen LogP contribution in [0.1, 0.15) is 23.9 Å². The molecule has 214 valence electrons. The predicted molar refractivity (Wildman–Crippen MR) is 147 cm³/mol. The van der Waals surface area contributed by atoms with Crippen LogP contribution in [0.4, 0.5) is 26.3 Å². The lowest BCUT2D eigenvalue weighted by Crippen LogP contribution is -2.51. The largest absolute Gasteiger partial charge is 0.450 e. The third-order valence-electron chi connectivity index (χ3n) is 6.03. The number of nitrogens with one attached hydrogen (secondary N) is 3. The van der Waals surface area contributed by atoms with Crippen LogP contribution in [0.15, 0.2) is 39.1 Å². The van der Waals surface area contributed by atoms with E-state index in [9.17, 15) is 22.8 Å². The molecule has 1 saturated heterocycles. The highest BCUT2D eigenvalue weighted by Gasteiger charge is 2.25. The quantitative estimate of drug-likeness (QED) is 0.355. The van der Waals surface area contributed by atoms with Crippen molar-refractivity contribution in [3.63, 3.8) is 0 Å². The summed E-state index contributed by atoms with van der Waals surface area (Å²) in [5.41, 5.74) is 2.04. The summed E-state index contributed by atoms with van der Waals surface area (Å²) >= 11 is 1.19. The standard InChI is InChI=1S/C24H29N7O7S2/c1-4-37-24(34)31-11-9-30(10-12-31)23(33)27-22-26-18(14-39-22)13-20(32)25-17-5-7-19(8-6-17)40(35,36)29-21-15(2)16(3)28-38-21/h5-8,14,29H,4,9-13H2,1-3H3,(H,25,32)(H,26,27,33). The number of aromatic nitrogens is 2. The maximum Gasteiger partial charge on any atom is 0.409 e. The van der Waals surface area contributed by atoms with Gasteiger partial charge in [0.1, 0.15) is 0 Å². The zero-order valence-electron chi connectivity index (χ0n) is 22.1. The average Bonchev–Trinajstić information content (AvgIpc) is 3.49. The Kier molecular flexibility index (Phi) is 8.89. The molecule has 0 atom stereocenters. The lowest BCUT2D eigenvalue weighted by molar-refractivity contribution is -0.115. The third-order valence-corrected chi connectivity index (χ3v) is 8.19. The number of urea groups is 1. The fourth-order valence-corrected chi connectivity index (χ4v) is 5.45. The summed E-state index contributed by atoms with van der Waals surface area (Å²) in [7, 11) is -3.91. The minimum absolute atomic E-state index is 0.0128. The van der Waals surface area contributed by atoms with Gasteiger partial charge in [0.05, 0.1) is 29.3 Å². The number of rotatable bonds is 8. The second kappa shape index (κ2) is 12.3. The first-order chi connectivity index (χ1) is 19.1.